The number of fused-ring (bicyclic) bond motifs is 2. The minimum Gasteiger partial charge on any atom is -0.491 e. The van der Waals surface area contributed by atoms with Crippen molar-refractivity contribution in [1.82, 2.24) is 20.8 Å². The van der Waals surface area contributed by atoms with Crippen molar-refractivity contribution in [2.45, 2.75) is 55.9 Å². The van der Waals surface area contributed by atoms with E-state index in [-0.39, 0.29) is 23.9 Å². The summed E-state index contributed by atoms with van der Waals surface area (Å²) in [5.41, 5.74) is 8.92. The van der Waals surface area contributed by atoms with Crippen molar-refractivity contribution >= 4 is 52.7 Å². The summed E-state index contributed by atoms with van der Waals surface area (Å²) in [6.07, 6.45) is 6.10. The van der Waals surface area contributed by atoms with Gasteiger partial charge in [0.1, 0.15) is 18.1 Å². The van der Waals surface area contributed by atoms with E-state index in [1.54, 1.807) is 18.2 Å². The van der Waals surface area contributed by atoms with Gasteiger partial charge in [0.15, 0.2) is 0 Å². The lowest BCUT2D eigenvalue weighted by atomic mass is 9.79. The van der Waals surface area contributed by atoms with Crippen LogP contribution in [0.15, 0.2) is 42.6 Å². The summed E-state index contributed by atoms with van der Waals surface area (Å²) in [7, 11) is -1.62. The maximum atomic E-state index is 12.3. The van der Waals surface area contributed by atoms with Gasteiger partial charge < -0.3 is 35.9 Å². The SMILES string of the molecule is Nc1cnnc2cc(-c3cc(B(O)O)ccc3OCCOCCCC(=O)CCCC[C@@H]3SC[C@@H]4NC(=O)N[C@@H]43)ccc12. The van der Waals surface area contributed by atoms with Crippen molar-refractivity contribution in [2.75, 3.05) is 31.3 Å². The lowest BCUT2D eigenvalue weighted by Gasteiger charge is -2.16. The zero-order valence-corrected chi connectivity index (χ0v) is 24.1. The molecule has 11 nitrogen and oxygen atoms in total. The lowest BCUT2D eigenvalue weighted by Crippen LogP contribution is -2.36. The molecule has 6 N–H and O–H groups in total. The van der Waals surface area contributed by atoms with Gasteiger partial charge in [-0.05, 0) is 48.5 Å². The number of ether oxygens (including phenoxy) is 2. The van der Waals surface area contributed by atoms with Crippen LogP contribution in [0.2, 0.25) is 0 Å². The van der Waals surface area contributed by atoms with Crippen LogP contribution in [-0.2, 0) is 9.53 Å². The van der Waals surface area contributed by atoms with E-state index in [0.717, 1.165) is 36.0 Å². The van der Waals surface area contributed by atoms with Gasteiger partial charge in [0.05, 0.1) is 36.1 Å². The Labute approximate surface area is 249 Å². The first kappa shape index (κ1) is 30.1. The third-order valence-electron chi connectivity index (χ3n) is 7.65. The summed E-state index contributed by atoms with van der Waals surface area (Å²) in [4.78, 5) is 23.8. The van der Waals surface area contributed by atoms with E-state index < -0.39 is 7.12 Å². The van der Waals surface area contributed by atoms with Crippen LogP contribution in [0.3, 0.4) is 0 Å². The molecule has 0 spiro atoms. The molecule has 5 rings (SSSR count). The van der Waals surface area contributed by atoms with E-state index >= 15 is 0 Å². The predicted molar refractivity (Wildman–Crippen MR) is 164 cm³/mol. The average molecular weight is 594 g/mol. The largest absolute Gasteiger partial charge is 0.491 e. The van der Waals surface area contributed by atoms with E-state index in [0.29, 0.717) is 72.3 Å². The molecule has 13 heteroatoms. The van der Waals surface area contributed by atoms with Crippen LogP contribution in [0.1, 0.15) is 38.5 Å². The summed E-state index contributed by atoms with van der Waals surface area (Å²) < 4.78 is 11.7. The smallest absolute Gasteiger partial charge is 0.488 e. The van der Waals surface area contributed by atoms with Crippen molar-refractivity contribution < 1.29 is 29.1 Å². The molecule has 2 fully saturated rings. The van der Waals surface area contributed by atoms with Crippen LogP contribution >= 0.6 is 11.8 Å². The standard InChI is InChI=1S/C29H36BN5O6S/c31-23-16-32-35-24-14-18(7-9-21(23)24)22-15-19(30(38)39)8-10-26(22)41-13-12-40-11-3-5-20(36)4-1-2-6-27-28-25(17-42-27)33-29(37)34-28/h7-10,14-16,25,27-28,38-39H,1-6,11-13,17H2,(H2,31,35)(H2,33,34,37)/t25-,27-,28-/m0/s1. The molecule has 3 aromatic rings. The zero-order valence-electron chi connectivity index (χ0n) is 23.3. The highest BCUT2D eigenvalue weighted by Gasteiger charge is 2.42. The van der Waals surface area contributed by atoms with E-state index in [2.05, 4.69) is 20.8 Å². The molecule has 0 unspecified atom stereocenters. The number of amides is 2. The summed E-state index contributed by atoms with van der Waals surface area (Å²) >= 11 is 1.90. The monoisotopic (exact) mass is 593 g/mol. The van der Waals surface area contributed by atoms with E-state index in [4.69, 9.17) is 15.2 Å². The predicted octanol–water partition coefficient (Wildman–Crippen LogP) is 2.03. The Balaban J connectivity index is 1.01. The summed E-state index contributed by atoms with van der Waals surface area (Å²) in [5.74, 6) is 1.77. The maximum Gasteiger partial charge on any atom is 0.488 e. The molecule has 0 saturated carbocycles. The first-order valence-electron chi connectivity index (χ1n) is 14.3. The van der Waals surface area contributed by atoms with Gasteiger partial charge in [-0.25, -0.2) is 4.79 Å². The molecule has 2 amide bonds. The van der Waals surface area contributed by atoms with Gasteiger partial charge in [0, 0.05) is 41.4 Å². The number of anilines is 1. The molecule has 222 valence electrons. The third kappa shape index (κ3) is 7.51. The number of benzene rings is 2. The number of urea groups is 1. The summed E-state index contributed by atoms with van der Waals surface area (Å²) in [6, 6.07) is 10.9. The number of rotatable bonds is 15. The third-order valence-corrected chi connectivity index (χ3v) is 9.15. The second kappa shape index (κ2) is 14.2. The quantitative estimate of drug-likeness (QED) is 0.0999. The van der Waals surface area contributed by atoms with E-state index in [1.165, 1.54) is 6.20 Å². The van der Waals surface area contributed by atoms with Gasteiger partial charge in [0.25, 0.3) is 0 Å². The van der Waals surface area contributed by atoms with Crippen LogP contribution in [0.25, 0.3) is 22.0 Å². The van der Waals surface area contributed by atoms with Crippen LogP contribution < -0.4 is 26.6 Å². The van der Waals surface area contributed by atoms with Gasteiger partial charge in [0.2, 0.25) is 0 Å². The fourth-order valence-corrected chi connectivity index (χ4v) is 6.97. The Morgan fingerprint density at radius 1 is 1.07 bits per heavy atom. The van der Waals surface area contributed by atoms with Crippen LogP contribution in [0, 0.1) is 0 Å². The van der Waals surface area contributed by atoms with Crippen LogP contribution in [-0.4, -0.2) is 82.1 Å². The fraction of sp³-hybridized carbons (Fsp3) is 0.448. The first-order valence-corrected chi connectivity index (χ1v) is 15.4. The normalized spacial score (nSPS) is 19.4. The topological polar surface area (TPSA) is 169 Å². The highest BCUT2D eigenvalue weighted by Crippen LogP contribution is 2.34. The Hall–Kier alpha value is -3.39. The number of ketones is 1. The minimum absolute atomic E-state index is 0.0653. The molecule has 2 saturated heterocycles. The molecule has 0 bridgehead atoms. The number of hydrogen-bond donors (Lipinski definition) is 5. The molecule has 2 aliphatic heterocycles. The van der Waals surface area contributed by atoms with Gasteiger partial charge in [-0.1, -0.05) is 24.6 Å². The number of thioether (sulfide) groups is 1. The lowest BCUT2D eigenvalue weighted by molar-refractivity contribution is -0.119. The molecule has 42 heavy (non-hydrogen) atoms. The zero-order chi connectivity index (χ0) is 29.5. The number of carbonyl (C=O) groups excluding carboxylic acids is 2. The van der Waals surface area contributed by atoms with Gasteiger partial charge in [-0.3, -0.25) is 4.79 Å². The number of unbranched alkanes of at least 4 members (excludes halogenated alkanes) is 1. The fourth-order valence-electron chi connectivity index (χ4n) is 5.43. The highest BCUT2D eigenvalue weighted by molar-refractivity contribution is 8.00. The van der Waals surface area contributed by atoms with Crippen molar-refractivity contribution in [3.05, 3.63) is 42.6 Å². The Morgan fingerprint density at radius 3 is 2.79 bits per heavy atom. The van der Waals surface area contributed by atoms with Crippen LogP contribution in [0.4, 0.5) is 10.5 Å². The van der Waals surface area contributed by atoms with Crippen molar-refractivity contribution in [3.8, 4) is 16.9 Å². The molecule has 0 aliphatic carbocycles. The summed E-state index contributed by atoms with van der Waals surface area (Å²) in [5, 5.41) is 34.6. The number of nitrogen functional groups attached to an aromatic ring is 1. The second-order valence-corrected chi connectivity index (χ2v) is 11.9. The Bertz CT molecular complexity index is 1410. The number of carbonyl (C=O) groups is 2. The first-order chi connectivity index (χ1) is 20.4. The number of Topliss-reactive ketones (excluding diaryl/α,β-unsaturated/α-hetero) is 1. The summed E-state index contributed by atoms with van der Waals surface area (Å²) in [6.45, 7) is 1.11. The Kier molecular flexibility index (Phi) is 10.2. The number of aromatic nitrogens is 2. The number of nitrogens with one attached hydrogen (secondary N) is 2. The number of nitrogens with two attached hydrogens (primary N) is 1. The molecule has 0 radical (unpaired) electrons. The molecule has 2 aliphatic rings. The molecular formula is C29H36BN5O6S. The molecule has 1 aromatic heterocycles. The molecule has 3 atom stereocenters. The van der Waals surface area contributed by atoms with Crippen molar-refractivity contribution in [1.29, 1.82) is 0 Å². The van der Waals surface area contributed by atoms with Crippen molar-refractivity contribution in [2.24, 2.45) is 0 Å². The van der Waals surface area contributed by atoms with E-state index in [9.17, 15) is 19.6 Å². The van der Waals surface area contributed by atoms with Gasteiger partial charge in [-0.2, -0.15) is 22.0 Å². The van der Waals surface area contributed by atoms with Gasteiger partial charge in [-0.15, -0.1) is 0 Å². The molecule has 2 aromatic carbocycles. The highest BCUT2D eigenvalue weighted by atomic mass is 32.2. The number of hydrogen-bond acceptors (Lipinski definition) is 10. The average Bonchev–Trinajstić information content (AvgIpc) is 3.53. The number of nitrogens with zero attached hydrogens (tertiary/aromatic N) is 2. The van der Waals surface area contributed by atoms with E-state index in [1.807, 2.05) is 30.0 Å². The maximum absolute atomic E-state index is 12.3. The molecular weight excluding hydrogens is 557 g/mol. The van der Waals surface area contributed by atoms with Gasteiger partial charge >= 0.3 is 13.1 Å². The van der Waals surface area contributed by atoms with Crippen LogP contribution in [0.5, 0.6) is 5.75 Å². The Morgan fingerprint density at radius 2 is 1.93 bits per heavy atom. The van der Waals surface area contributed by atoms with Crippen molar-refractivity contribution in [3.63, 3.8) is 0 Å². The second-order valence-electron chi connectivity index (χ2n) is 10.6. The minimum atomic E-state index is -1.62. The molecule has 3 heterocycles.